The van der Waals surface area contributed by atoms with Crippen LogP contribution in [-0.4, -0.2) is 57.2 Å². The number of thiazole rings is 2. The van der Waals surface area contributed by atoms with Gasteiger partial charge in [-0.2, -0.15) is 0 Å². The van der Waals surface area contributed by atoms with E-state index in [2.05, 4.69) is 9.97 Å². The monoisotopic (exact) mass is 900 g/mol. The Morgan fingerprint density at radius 1 is 0.333 bits per heavy atom. The molecule has 0 saturated heterocycles. The number of nitrogens with zero attached hydrogens (tertiary/aromatic N) is 6. The Kier molecular flexibility index (Phi) is 7.47. The number of aromatic nitrogens is 2. The maximum Gasteiger partial charge on any atom is 0.267 e. The molecule has 0 bridgehead atoms. The highest BCUT2D eigenvalue weighted by Gasteiger charge is 2.44. The highest BCUT2D eigenvalue weighted by molar-refractivity contribution is 7.23. The van der Waals surface area contributed by atoms with Crippen molar-refractivity contribution in [2.45, 2.75) is 13.8 Å². The molecule has 8 amide bonds. The summed E-state index contributed by atoms with van der Waals surface area (Å²) in [6.07, 6.45) is 0. The van der Waals surface area contributed by atoms with Crippen LogP contribution < -0.4 is 19.6 Å². The molecule has 66 heavy (non-hydrogen) atoms. The average Bonchev–Trinajstić information content (AvgIpc) is 3.95. The number of aryl methyl sites for hydroxylation is 2. The molecule has 0 spiro atoms. The lowest BCUT2D eigenvalue weighted by Crippen LogP contribution is -2.44. The summed E-state index contributed by atoms with van der Waals surface area (Å²) in [6.45, 7) is 3.79. The summed E-state index contributed by atoms with van der Waals surface area (Å²) >= 11 is 2.43. The molecule has 0 atom stereocenters. The van der Waals surface area contributed by atoms with E-state index >= 15 is 0 Å². The van der Waals surface area contributed by atoms with Gasteiger partial charge in [0.1, 0.15) is 0 Å². The molecule has 4 aliphatic rings. The van der Waals surface area contributed by atoms with Crippen molar-refractivity contribution in [3.63, 3.8) is 0 Å². The minimum absolute atomic E-state index is 0.104. The van der Waals surface area contributed by atoms with E-state index in [0.29, 0.717) is 11.0 Å². The van der Waals surface area contributed by atoms with Crippen LogP contribution >= 0.6 is 22.7 Å². The summed E-state index contributed by atoms with van der Waals surface area (Å²) in [7, 11) is 0. The molecule has 7 aromatic carbocycles. The quantitative estimate of drug-likeness (QED) is 0.155. The third-order valence-corrected chi connectivity index (χ3v) is 14.8. The summed E-state index contributed by atoms with van der Waals surface area (Å²) in [5.74, 6) is -5.31. The van der Waals surface area contributed by atoms with Crippen LogP contribution in [0.5, 0.6) is 0 Å². The van der Waals surface area contributed by atoms with Crippen molar-refractivity contribution in [3.8, 4) is 0 Å². The number of hydrogen-bond donors (Lipinski definition) is 0. The number of para-hydroxylation sites is 2. The van der Waals surface area contributed by atoms with E-state index in [9.17, 15) is 38.4 Å². The summed E-state index contributed by atoms with van der Waals surface area (Å²) in [4.78, 5) is 127. The van der Waals surface area contributed by atoms with E-state index in [1.54, 1.807) is 0 Å². The molecule has 0 saturated carbocycles. The lowest BCUT2D eigenvalue weighted by atomic mass is 9.85. The zero-order chi connectivity index (χ0) is 45.2. The molecule has 0 fully saturated rings. The lowest BCUT2D eigenvalue weighted by Gasteiger charge is -2.32. The second-order valence-corrected chi connectivity index (χ2v) is 18.3. The van der Waals surface area contributed by atoms with Crippen molar-refractivity contribution in [3.05, 3.63) is 165 Å². The molecular formula is C50H24N6O8S2. The molecule has 14 nitrogen and oxygen atoms in total. The van der Waals surface area contributed by atoms with Gasteiger partial charge < -0.3 is 0 Å². The van der Waals surface area contributed by atoms with Crippen LogP contribution in [0.15, 0.2) is 109 Å². The Hall–Kier alpha value is -8.60. The number of benzene rings is 7. The van der Waals surface area contributed by atoms with Gasteiger partial charge in [-0.15, -0.1) is 0 Å². The summed E-state index contributed by atoms with van der Waals surface area (Å²) in [5, 5.41) is 1.24. The number of anilines is 4. The molecule has 13 rings (SSSR count). The van der Waals surface area contributed by atoms with E-state index in [0.717, 1.165) is 40.1 Å². The van der Waals surface area contributed by atoms with Crippen LogP contribution in [0.3, 0.4) is 0 Å². The van der Waals surface area contributed by atoms with Gasteiger partial charge in [0.25, 0.3) is 47.3 Å². The molecule has 16 heteroatoms. The fourth-order valence-corrected chi connectivity index (χ4v) is 11.7. The van der Waals surface area contributed by atoms with Crippen LogP contribution in [0.4, 0.5) is 21.6 Å². The van der Waals surface area contributed by atoms with Crippen LogP contribution in [0.2, 0.25) is 0 Å². The summed E-state index contributed by atoms with van der Waals surface area (Å²) in [6, 6.07) is 28.8. The van der Waals surface area contributed by atoms with Gasteiger partial charge in [-0.25, -0.2) is 29.6 Å². The standard InChI is InChI=1S/C50H24N6O8S2/c1-21-5-3-7-33-39(21)51-49(65-33)55-45(61)29-17-13-25-35-26(14-18-30(37(29)35)46(55)62)42(58)53(41(25)57)23-9-11-24(12-10-23)54-43(59)27-15-19-31-38-32(20-16-28(36(27)38)44(54)60)48(64)56(47(31)63)50-52-40-22(2)6-4-8-34(40)66-50/h3-20H,1-2H3. The Labute approximate surface area is 378 Å². The van der Waals surface area contributed by atoms with Gasteiger partial charge in [-0.05, 0) is 110 Å². The fraction of sp³-hybridized carbons (Fsp3) is 0.0400. The molecule has 9 aromatic rings. The predicted molar refractivity (Wildman–Crippen MR) is 248 cm³/mol. The maximum atomic E-state index is 14.3. The van der Waals surface area contributed by atoms with Gasteiger partial charge >= 0.3 is 0 Å². The SMILES string of the molecule is Cc1cccc2sc(N3C(=O)c4ccc5c6c(ccc(c46)C3=O)C(=O)N(c3ccc(N4C(=O)c6ccc7c8c(ccc(c68)C4=O)C(=O)N(c4nc6c(C)cccc6s4)C7=O)cc3)C5=O)nc12. The van der Waals surface area contributed by atoms with Crippen molar-refractivity contribution in [2.24, 2.45) is 0 Å². The number of carbonyl (C=O) groups excluding carboxylic acids is 8. The highest BCUT2D eigenvalue weighted by Crippen LogP contribution is 2.44. The van der Waals surface area contributed by atoms with E-state index in [1.165, 1.54) is 95.5 Å². The molecule has 0 N–H and O–H groups in total. The van der Waals surface area contributed by atoms with E-state index in [4.69, 9.17) is 0 Å². The molecular weight excluding hydrogens is 877 g/mol. The number of fused-ring (bicyclic) bond motifs is 2. The zero-order valence-electron chi connectivity index (χ0n) is 34.2. The predicted octanol–water partition coefficient (Wildman–Crippen LogP) is 9.03. The maximum absolute atomic E-state index is 14.3. The van der Waals surface area contributed by atoms with Crippen LogP contribution in [0, 0.1) is 13.8 Å². The molecule has 314 valence electrons. The van der Waals surface area contributed by atoms with Crippen LogP contribution in [0.25, 0.3) is 42.0 Å². The molecule has 0 aliphatic carbocycles. The number of hydrogen-bond acceptors (Lipinski definition) is 12. The Morgan fingerprint density at radius 2 is 0.591 bits per heavy atom. The average molecular weight is 901 g/mol. The third kappa shape index (κ3) is 4.77. The van der Waals surface area contributed by atoms with Crippen molar-refractivity contribution in [2.75, 3.05) is 19.6 Å². The minimum atomic E-state index is -0.701. The molecule has 4 aliphatic heterocycles. The van der Waals surface area contributed by atoms with E-state index in [1.807, 2.05) is 50.2 Å². The Morgan fingerprint density at radius 3 is 0.848 bits per heavy atom. The zero-order valence-corrected chi connectivity index (χ0v) is 35.8. The molecule has 6 heterocycles. The van der Waals surface area contributed by atoms with Crippen molar-refractivity contribution >= 4 is 134 Å². The number of carbonyl (C=O) groups is 8. The Bertz CT molecular complexity index is 3550. The second-order valence-electron chi connectivity index (χ2n) is 16.3. The van der Waals surface area contributed by atoms with E-state index < -0.39 is 47.3 Å². The summed E-state index contributed by atoms with van der Waals surface area (Å²) < 4.78 is 1.63. The number of amides is 8. The van der Waals surface area contributed by atoms with Gasteiger partial charge in [-0.3, -0.25) is 38.4 Å². The second kappa shape index (κ2) is 13.0. The van der Waals surface area contributed by atoms with Gasteiger partial charge in [0.05, 0.1) is 31.8 Å². The molecule has 2 aromatic heterocycles. The van der Waals surface area contributed by atoms with Gasteiger partial charge in [-0.1, -0.05) is 46.9 Å². The van der Waals surface area contributed by atoms with Gasteiger partial charge in [0, 0.05) is 66.1 Å². The Balaban J connectivity index is 0.818. The molecule has 0 unspecified atom stereocenters. The minimum Gasteiger partial charge on any atom is -0.268 e. The van der Waals surface area contributed by atoms with Crippen LogP contribution in [-0.2, 0) is 0 Å². The number of rotatable bonds is 4. The van der Waals surface area contributed by atoms with Gasteiger partial charge in [0.2, 0.25) is 10.3 Å². The first-order chi connectivity index (χ1) is 31.9. The fourth-order valence-electron chi connectivity index (χ4n) is 9.66. The largest absolute Gasteiger partial charge is 0.268 e. The van der Waals surface area contributed by atoms with Crippen molar-refractivity contribution < 1.29 is 38.4 Å². The highest BCUT2D eigenvalue weighted by atomic mass is 32.1. The smallest absolute Gasteiger partial charge is 0.267 e. The normalized spacial score (nSPS) is 15.5. The first-order valence-corrected chi connectivity index (χ1v) is 22.1. The van der Waals surface area contributed by atoms with Crippen molar-refractivity contribution in [1.29, 1.82) is 0 Å². The van der Waals surface area contributed by atoms with E-state index in [-0.39, 0.29) is 87.7 Å². The summed E-state index contributed by atoms with van der Waals surface area (Å²) in [5.41, 5.74) is 4.44. The number of imide groups is 4. The first-order valence-electron chi connectivity index (χ1n) is 20.5. The van der Waals surface area contributed by atoms with Gasteiger partial charge in [0.15, 0.2) is 0 Å². The first kappa shape index (κ1) is 37.9. The van der Waals surface area contributed by atoms with Crippen LogP contribution in [0.1, 0.15) is 94.0 Å². The molecule has 0 radical (unpaired) electrons. The lowest BCUT2D eigenvalue weighted by molar-refractivity contribution is 0.0872. The van der Waals surface area contributed by atoms with Crippen molar-refractivity contribution in [1.82, 2.24) is 9.97 Å². The third-order valence-electron chi connectivity index (χ3n) is 12.8. The topological polar surface area (TPSA) is 175 Å².